The summed E-state index contributed by atoms with van der Waals surface area (Å²) < 4.78 is 91.9. The van der Waals surface area contributed by atoms with Crippen molar-refractivity contribution in [2.24, 2.45) is 17.6 Å². The Morgan fingerprint density at radius 2 is 0.919 bits per heavy atom. The van der Waals surface area contributed by atoms with Crippen molar-refractivity contribution < 1.29 is 138 Å². The summed E-state index contributed by atoms with van der Waals surface area (Å²) >= 11 is 0. The van der Waals surface area contributed by atoms with Crippen LogP contribution in [0.3, 0.4) is 0 Å². The highest BCUT2D eigenvalue weighted by molar-refractivity contribution is 7.91. The number of ether oxygens (including phenoxy) is 7. The highest BCUT2D eigenvalue weighted by Gasteiger charge is 2.63. The van der Waals surface area contributed by atoms with Crippen LogP contribution in [0.25, 0.3) is 21.5 Å². The predicted molar refractivity (Wildman–Crippen MR) is 452 cm³/mol. The molecule has 2 aromatic carbocycles. The van der Waals surface area contributed by atoms with Gasteiger partial charge in [-0.25, -0.2) is 50.8 Å². The van der Waals surface area contributed by atoms with Gasteiger partial charge in [-0.05, 0) is 188 Å². The number of hydrogen-bond acceptors (Lipinski definition) is 30. The normalized spacial score (nSPS) is 22.4. The molecule has 2 aromatic heterocycles. The number of pyridine rings is 2. The number of aromatic nitrogens is 2. The molecule has 8 amide bonds. The molecule has 124 heavy (non-hydrogen) atoms. The fraction of sp³-hybridized carbons (Fsp3) is 0.582. The molecule has 4 aromatic rings. The number of nitrogens with two attached hydrogens (primary N) is 1. The van der Waals surface area contributed by atoms with E-state index in [-0.39, 0.29) is 68.0 Å². The number of likely N-dealkylation sites (tertiary alicyclic amines) is 1. The first-order valence-electron chi connectivity index (χ1n) is 38.9. The van der Waals surface area contributed by atoms with E-state index in [4.69, 9.17) is 69.5 Å². The third kappa shape index (κ3) is 30.6. The van der Waals surface area contributed by atoms with Crippen LogP contribution in [0.5, 0.6) is 23.3 Å². The molecule has 6 aliphatic rings. The standard InChI is InChI=1S/C33H43N5O10S.C24H28N4O6S.2C9H17NO5.C4H9NO3.2ClH/c1-7-20-16-33(20,30(42)37-49(44,45)23-9-10-23)36-27(40)25-15-22(47-28-24-11-8-21(46-6)14-19(24)12-13-34-28)17-38(25)29(41)26(18(2)39)35-31(43)48-32(3,4)5;1-3-15-12-24(15,23(30)28-35(31,32)18-5-6-18)27-21(29)20-11-17(13-26-20)34-22-19-7-4-16(33-2)10-14(19)8-9-25-22;2*1-5(11)6(7(12)13)10-8(14)15-9(2,3)4;1-2(6)3(5)4(7)8;;/h7-8,11-14,18,20,22-23,25-26,39H,1,9-10,15-17H2,2-6H3,(H,35,43)(H,36,40)(H,37,42);3-4,7-10,15,17-18,20,26H,1,5-6,11-13H2,2H3,(H,27,29)(H,28,30);2*5-6,11H,1-4H3,(H,10,14)(H,12,13);2-3,6H,5H2,1H3,(H,7,8);2*1H/t18-,20+,22+,25-,26-,33+;15-,17-,20+,24-;2*5-,6-;2-,3-;;/m01000../s1. The summed E-state index contributed by atoms with van der Waals surface area (Å²) in [4.78, 5) is 143. The number of alkyl carbamates (subject to hydrolysis) is 3. The summed E-state index contributed by atoms with van der Waals surface area (Å²) in [6.07, 6.45) is 0.416. The van der Waals surface area contributed by atoms with E-state index < -0.39 is 191 Å². The van der Waals surface area contributed by atoms with Gasteiger partial charge in [0, 0.05) is 54.4 Å². The molecule has 0 spiro atoms. The topological polar surface area (TPSA) is 614 Å². The molecule has 45 heteroatoms. The van der Waals surface area contributed by atoms with Crippen molar-refractivity contribution in [3.05, 3.63) is 86.2 Å². The second-order valence-electron chi connectivity index (χ2n) is 33.1. The average molecular weight is 1830 g/mol. The van der Waals surface area contributed by atoms with E-state index in [1.807, 2.05) is 24.3 Å². The summed E-state index contributed by atoms with van der Waals surface area (Å²) in [6, 6.07) is 7.35. The number of amides is 8. The van der Waals surface area contributed by atoms with E-state index >= 15 is 0 Å². The number of benzene rings is 2. The molecular weight excluding hydrogens is 1720 g/mol. The predicted octanol–water partition coefficient (Wildman–Crippen LogP) is 2.87. The Morgan fingerprint density at radius 3 is 1.23 bits per heavy atom. The number of sulfonamides is 2. The number of aliphatic hydroxyl groups excluding tert-OH is 4. The van der Waals surface area contributed by atoms with E-state index in [2.05, 4.69) is 64.5 Å². The van der Waals surface area contributed by atoms with E-state index in [1.54, 1.807) is 119 Å². The molecule has 10 rings (SSSR count). The van der Waals surface area contributed by atoms with Crippen LogP contribution in [-0.4, -0.2) is 272 Å². The zero-order chi connectivity index (χ0) is 91.9. The van der Waals surface area contributed by atoms with Crippen LogP contribution in [0, 0.1) is 11.8 Å². The first-order chi connectivity index (χ1) is 56.5. The Bertz CT molecular complexity index is 4680. The minimum Gasteiger partial charge on any atom is -0.497 e. The lowest BCUT2D eigenvalue weighted by atomic mass is 10.1. The van der Waals surface area contributed by atoms with Gasteiger partial charge in [0.15, 0.2) is 12.1 Å². The van der Waals surface area contributed by atoms with Crippen molar-refractivity contribution in [1.29, 1.82) is 0 Å². The molecule has 2 aliphatic heterocycles. The molecule has 4 heterocycles. The molecule has 4 aliphatic carbocycles. The fourth-order valence-electron chi connectivity index (χ4n) is 12.3. The summed E-state index contributed by atoms with van der Waals surface area (Å²) in [6.45, 7) is 27.8. The highest BCUT2D eigenvalue weighted by Crippen LogP contribution is 2.47. The van der Waals surface area contributed by atoms with Gasteiger partial charge in [-0.1, -0.05) is 12.2 Å². The van der Waals surface area contributed by atoms with Crippen molar-refractivity contribution >= 4 is 132 Å². The van der Waals surface area contributed by atoms with Gasteiger partial charge < -0.3 is 111 Å². The maximum atomic E-state index is 14.0. The maximum Gasteiger partial charge on any atom is 0.408 e. The molecule has 4 saturated carbocycles. The Morgan fingerprint density at radius 1 is 0.548 bits per heavy atom. The van der Waals surface area contributed by atoms with E-state index in [0.717, 1.165) is 21.9 Å². The summed E-state index contributed by atoms with van der Waals surface area (Å²) in [5.41, 5.74) is -0.278. The molecule has 0 unspecified atom stereocenters. The monoisotopic (exact) mass is 1830 g/mol. The first kappa shape index (κ1) is 106. The van der Waals surface area contributed by atoms with E-state index in [9.17, 15) is 74.7 Å². The van der Waals surface area contributed by atoms with Gasteiger partial charge in [0.05, 0.1) is 61.7 Å². The Labute approximate surface area is 730 Å². The number of carbonyl (C=O) groups excluding carboxylic acids is 8. The lowest BCUT2D eigenvalue weighted by molar-refractivity contribution is -0.143. The van der Waals surface area contributed by atoms with Gasteiger partial charge in [0.25, 0.3) is 11.8 Å². The molecule has 17 N–H and O–H groups in total. The molecule has 0 radical (unpaired) electrons. The number of aliphatic hydroxyl groups is 4. The third-order valence-corrected chi connectivity index (χ3v) is 22.9. The molecule has 0 bridgehead atoms. The number of carbonyl (C=O) groups is 11. The number of carboxylic acids is 3. The summed E-state index contributed by atoms with van der Waals surface area (Å²) in [7, 11) is -4.48. The first-order valence-corrected chi connectivity index (χ1v) is 42.0. The molecule has 6 fully saturated rings. The van der Waals surface area contributed by atoms with Crippen LogP contribution < -0.4 is 66.0 Å². The Hall–Kier alpha value is -10.2. The molecule has 2 saturated heterocycles. The van der Waals surface area contributed by atoms with Gasteiger partial charge in [-0.3, -0.25) is 38.2 Å². The van der Waals surface area contributed by atoms with Gasteiger partial charge in [-0.2, -0.15) is 0 Å². The van der Waals surface area contributed by atoms with Crippen LogP contribution in [0.15, 0.2) is 86.2 Å². The zero-order valence-corrected chi connectivity index (χ0v) is 74.6. The SMILES string of the molecule is C=C[C@@H]1C[C@]1(NC(=O)[C@@H]1C[C@@H](Oc2nccc3cc(OC)ccc23)CN1)C(=O)NS(=O)(=O)C1CC1.C=C[C@@H]1C[C@]1(NC(=O)[C@@H]1C[C@@H](Oc2nccc3cc(OC)ccc23)CN1C(=O)[C@@H](NC(=O)OC(C)(C)C)[C@H](C)O)C(=O)NS(=O)(=O)C1CC1.C[C@H](O)[C@H](N)C(=O)O.C[C@H](O)[C@H](NC(=O)OC(C)(C)C)C(=O)O.C[C@H](O)[C@H](NC(=O)OC(C)(C)C)C(=O)O.Cl.Cl. The average Bonchev–Trinajstić information content (AvgIpc) is 1.58. The number of aliphatic carboxylic acids is 3. The third-order valence-electron chi connectivity index (χ3n) is 19.2. The van der Waals surface area contributed by atoms with Crippen LogP contribution in [0.1, 0.15) is 141 Å². The van der Waals surface area contributed by atoms with Gasteiger partial charge in [-0.15, -0.1) is 38.0 Å². The highest BCUT2D eigenvalue weighted by atomic mass is 35.5. The Balaban J connectivity index is 0.000000371. The second kappa shape index (κ2) is 44.1. The number of fused-ring (bicyclic) bond motifs is 2. The van der Waals surface area contributed by atoms with E-state index in [0.29, 0.717) is 62.1 Å². The molecular formula is C79H116Cl2N12O29S2. The lowest BCUT2D eigenvalue weighted by Gasteiger charge is -2.31. The lowest BCUT2D eigenvalue weighted by Crippen LogP contribution is -2.60. The smallest absolute Gasteiger partial charge is 0.408 e. The number of hydrogen-bond donors (Lipinski definition) is 16. The molecule has 16 atom stereocenters. The number of nitrogens with one attached hydrogen (secondary N) is 8. The van der Waals surface area contributed by atoms with Gasteiger partial charge >= 0.3 is 36.2 Å². The van der Waals surface area contributed by atoms with Gasteiger partial charge in [0.2, 0.25) is 49.5 Å². The summed E-state index contributed by atoms with van der Waals surface area (Å²) in [5.74, 6) is -6.13. The Kier molecular flexibility index (Phi) is 37.7. The number of methoxy groups -OCH3 is 2. The largest absolute Gasteiger partial charge is 0.497 e. The van der Waals surface area contributed by atoms with Crippen molar-refractivity contribution in [2.45, 2.75) is 253 Å². The minimum atomic E-state index is -3.92. The van der Waals surface area contributed by atoms with Crippen molar-refractivity contribution in [2.75, 3.05) is 27.3 Å². The fourth-order valence-corrected chi connectivity index (χ4v) is 15.0. The van der Waals surface area contributed by atoms with Crippen LogP contribution in [0.2, 0.25) is 0 Å². The number of rotatable bonds is 29. The zero-order valence-electron chi connectivity index (χ0n) is 71.3. The number of carboxylic acid groups (broad SMARTS) is 3. The summed E-state index contributed by atoms with van der Waals surface area (Å²) in [5, 5.41) is 79.8. The van der Waals surface area contributed by atoms with Crippen LogP contribution in [0.4, 0.5) is 14.4 Å². The quantitative estimate of drug-likeness (QED) is 0.0274. The second-order valence-corrected chi connectivity index (χ2v) is 37.0. The number of halogens is 2. The van der Waals surface area contributed by atoms with Crippen LogP contribution >= 0.6 is 24.8 Å². The van der Waals surface area contributed by atoms with Crippen LogP contribution in [-0.2, 0) is 72.6 Å². The van der Waals surface area contributed by atoms with Gasteiger partial charge in [0.1, 0.15) is 69.7 Å². The van der Waals surface area contributed by atoms with Crippen molar-refractivity contribution in [3.8, 4) is 23.3 Å². The molecule has 41 nitrogen and oxygen atoms in total. The maximum absolute atomic E-state index is 14.0. The van der Waals surface area contributed by atoms with Crippen molar-refractivity contribution in [3.63, 3.8) is 0 Å². The molecule has 692 valence electrons. The van der Waals surface area contributed by atoms with E-state index in [1.165, 1.54) is 38.7 Å². The number of nitrogens with zero attached hydrogens (tertiary/aromatic N) is 3. The minimum absolute atomic E-state index is 0. The van der Waals surface area contributed by atoms with Crippen molar-refractivity contribution in [1.82, 2.24) is 56.2 Å².